The second kappa shape index (κ2) is 7.63. The van der Waals surface area contributed by atoms with Crippen LogP contribution in [0.5, 0.6) is 5.75 Å². The molecular formula is C18H20INO2. The van der Waals surface area contributed by atoms with Crippen LogP contribution in [-0.4, -0.2) is 12.5 Å². The molecule has 3 nitrogen and oxygen atoms in total. The largest absolute Gasteiger partial charge is 0.484 e. The summed E-state index contributed by atoms with van der Waals surface area (Å²) in [5.74, 6) is 0.582. The first kappa shape index (κ1) is 16.8. The zero-order valence-corrected chi connectivity index (χ0v) is 15.2. The number of aryl methyl sites for hydroxylation is 2. The van der Waals surface area contributed by atoms with Gasteiger partial charge >= 0.3 is 0 Å². The second-order valence-corrected chi connectivity index (χ2v) is 6.62. The third-order valence-electron chi connectivity index (χ3n) is 3.59. The van der Waals surface area contributed by atoms with Crippen LogP contribution in [0.2, 0.25) is 0 Å². The number of benzene rings is 2. The van der Waals surface area contributed by atoms with Gasteiger partial charge in [-0.05, 0) is 84.3 Å². The monoisotopic (exact) mass is 409 g/mol. The average Bonchev–Trinajstić information content (AvgIpc) is 2.49. The minimum Gasteiger partial charge on any atom is -0.484 e. The Morgan fingerprint density at radius 3 is 2.45 bits per heavy atom. The van der Waals surface area contributed by atoms with Crippen LogP contribution in [-0.2, 0) is 4.79 Å². The Bertz CT molecular complexity index is 653. The summed E-state index contributed by atoms with van der Waals surface area (Å²) >= 11 is 2.23. The molecule has 1 amide bonds. The van der Waals surface area contributed by atoms with E-state index in [0.29, 0.717) is 5.75 Å². The first-order valence-corrected chi connectivity index (χ1v) is 8.28. The molecule has 0 radical (unpaired) electrons. The highest BCUT2D eigenvalue weighted by molar-refractivity contribution is 14.1. The Kier molecular flexibility index (Phi) is 5.83. The smallest absolute Gasteiger partial charge is 0.258 e. The molecule has 0 aromatic heterocycles. The van der Waals surface area contributed by atoms with Gasteiger partial charge in [-0.2, -0.15) is 0 Å². The van der Waals surface area contributed by atoms with Gasteiger partial charge in [0.1, 0.15) is 5.75 Å². The van der Waals surface area contributed by atoms with Gasteiger partial charge in [0.15, 0.2) is 6.61 Å². The zero-order valence-electron chi connectivity index (χ0n) is 13.0. The van der Waals surface area contributed by atoms with E-state index in [0.717, 1.165) is 9.13 Å². The molecule has 0 unspecified atom stereocenters. The highest BCUT2D eigenvalue weighted by atomic mass is 127. The number of halogens is 1. The topological polar surface area (TPSA) is 38.3 Å². The fourth-order valence-corrected chi connectivity index (χ4v) is 2.44. The summed E-state index contributed by atoms with van der Waals surface area (Å²) < 4.78 is 6.62. The van der Waals surface area contributed by atoms with Crippen LogP contribution in [0, 0.1) is 17.4 Å². The molecule has 1 atom stereocenters. The average molecular weight is 409 g/mol. The van der Waals surface area contributed by atoms with Crippen molar-refractivity contribution in [1.82, 2.24) is 5.32 Å². The predicted molar refractivity (Wildman–Crippen MR) is 97.1 cm³/mol. The summed E-state index contributed by atoms with van der Waals surface area (Å²) in [6.45, 7) is 6.16. The highest BCUT2D eigenvalue weighted by Gasteiger charge is 2.10. The van der Waals surface area contributed by atoms with E-state index in [2.05, 4.69) is 53.9 Å². The van der Waals surface area contributed by atoms with E-state index in [1.807, 2.05) is 37.3 Å². The summed E-state index contributed by atoms with van der Waals surface area (Å²) in [6, 6.07) is 13.8. The van der Waals surface area contributed by atoms with Crippen LogP contribution in [0.1, 0.15) is 29.7 Å². The Hall–Kier alpha value is -1.56. The van der Waals surface area contributed by atoms with Crippen LogP contribution in [0.3, 0.4) is 0 Å². The van der Waals surface area contributed by atoms with Crippen LogP contribution in [0.25, 0.3) is 0 Å². The van der Waals surface area contributed by atoms with E-state index in [1.54, 1.807) is 0 Å². The summed E-state index contributed by atoms with van der Waals surface area (Å²) in [5, 5.41) is 2.96. The second-order valence-electron chi connectivity index (χ2n) is 5.38. The van der Waals surface area contributed by atoms with Crippen molar-refractivity contribution >= 4 is 28.5 Å². The molecule has 0 aliphatic carbocycles. The van der Waals surface area contributed by atoms with Crippen LogP contribution in [0.4, 0.5) is 0 Å². The van der Waals surface area contributed by atoms with Crippen molar-refractivity contribution < 1.29 is 9.53 Å². The van der Waals surface area contributed by atoms with E-state index in [4.69, 9.17) is 4.74 Å². The summed E-state index contributed by atoms with van der Waals surface area (Å²) in [6.07, 6.45) is 0. The normalized spacial score (nSPS) is 11.8. The lowest BCUT2D eigenvalue weighted by Crippen LogP contribution is -2.31. The number of carbonyl (C=O) groups excluding carboxylic acids is 1. The van der Waals surface area contributed by atoms with E-state index in [-0.39, 0.29) is 18.6 Å². The molecule has 0 saturated heterocycles. The van der Waals surface area contributed by atoms with Gasteiger partial charge in [-0.15, -0.1) is 0 Å². The van der Waals surface area contributed by atoms with Gasteiger partial charge in [-0.1, -0.05) is 18.2 Å². The molecule has 0 fully saturated rings. The highest BCUT2D eigenvalue weighted by Crippen LogP contribution is 2.17. The molecule has 2 aromatic rings. The van der Waals surface area contributed by atoms with Crippen molar-refractivity contribution in [1.29, 1.82) is 0 Å². The van der Waals surface area contributed by atoms with Crippen LogP contribution in [0.15, 0.2) is 42.5 Å². The Morgan fingerprint density at radius 1 is 1.14 bits per heavy atom. The Balaban J connectivity index is 1.88. The standard InChI is InChI=1S/C18H20INO2/c1-12-4-5-15(10-13(12)2)14(3)20-18(21)11-22-17-8-6-16(19)7-9-17/h4-10,14H,11H2,1-3H3,(H,20,21)/t14-/m1/s1. The molecule has 4 heteroatoms. The summed E-state index contributed by atoms with van der Waals surface area (Å²) in [4.78, 5) is 12.0. The Morgan fingerprint density at radius 2 is 1.82 bits per heavy atom. The molecule has 0 saturated carbocycles. The maximum Gasteiger partial charge on any atom is 0.258 e. The number of ether oxygens (including phenoxy) is 1. The fraction of sp³-hybridized carbons (Fsp3) is 0.278. The fourth-order valence-electron chi connectivity index (χ4n) is 2.08. The van der Waals surface area contributed by atoms with Crippen molar-refractivity contribution in [3.8, 4) is 5.75 Å². The maximum absolute atomic E-state index is 12.0. The number of hydrogen-bond donors (Lipinski definition) is 1. The molecule has 22 heavy (non-hydrogen) atoms. The molecule has 2 rings (SSSR count). The van der Waals surface area contributed by atoms with E-state index < -0.39 is 0 Å². The lowest BCUT2D eigenvalue weighted by molar-refractivity contribution is -0.123. The predicted octanol–water partition coefficient (Wildman–Crippen LogP) is 4.16. The molecule has 2 aromatic carbocycles. The Labute approximate surface area is 145 Å². The summed E-state index contributed by atoms with van der Waals surface area (Å²) in [7, 11) is 0. The van der Waals surface area contributed by atoms with Gasteiger partial charge < -0.3 is 10.1 Å². The van der Waals surface area contributed by atoms with Gasteiger partial charge in [0, 0.05) is 3.57 Å². The van der Waals surface area contributed by atoms with E-state index >= 15 is 0 Å². The van der Waals surface area contributed by atoms with E-state index in [9.17, 15) is 4.79 Å². The molecule has 0 aliphatic rings. The molecule has 1 N–H and O–H groups in total. The zero-order chi connectivity index (χ0) is 16.1. The molecule has 0 spiro atoms. The van der Waals surface area contributed by atoms with Crippen LogP contribution >= 0.6 is 22.6 Å². The first-order chi connectivity index (χ1) is 10.5. The van der Waals surface area contributed by atoms with Gasteiger partial charge in [0.25, 0.3) is 5.91 Å². The first-order valence-electron chi connectivity index (χ1n) is 7.20. The lowest BCUT2D eigenvalue weighted by atomic mass is 10.0. The quantitative estimate of drug-likeness (QED) is 0.754. The van der Waals surface area contributed by atoms with Gasteiger partial charge in [-0.3, -0.25) is 4.79 Å². The van der Waals surface area contributed by atoms with Crippen molar-refractivity contribution in [2.24, 2.45) is 0 Å². The third kappa shape index (κ3) is 4.73. The number of amides is 1. The minimum atomic E-state index is -0.121. The molecule has 116 valence electrons. The lowest BCUT2D eigenvalue weighted by Gasteiger charge is -2.16. The van der Waals surface area contributed by atoms with Crippen LogP contribution < -0.4 is 10.1 Å². The summed E-state index contributed by atoms with van der Waals surface area (Å²) in [5.41, 5.74) is 3.59. The third-order valence-corrected chi connectivity index (χ3v) is 4.31. The van der Waals surface area contributed by atoms with Crippen molar-refractivity contribution in [3.05, 3.63) is 62.7 Å². The van der Waals surface area contributed by atoms with Gasteiger partial charge in [-0.25, -0.2) is 0 Å². The number of rotatable bonds is 5. The van der Waals surface area contributed by atoms with Gasteiger partial charge in [0.05, 0.1) is 6.04 Å². The van der Waals surface area contributed by atoms with Gasteiger partial charge in [0.2, 0.25) is 0 Å². The molecular weight excluding hydrogens is 389 g/mol. The van der Waals surface area contributed by atoms with Crippen molar-refractivity contribution in [2.45, 2.75) is 26.8 Å². The number of nitrogens with one attached hydrogen (secondary N) is 1. The molecule has 0 aliphatic heterocycles. The number of carbonyl (C=O) groups is 1. The van der Waals surface area contributed by atoms with Crippen molar-refractivity contribution in [2.75, 3.05) is 6.61 Å². The SMILES string of the molecule is Cc1ccc([C@@H](C)NC(=O)COc2ccc(I)cc2)cc1C. The number of hydrogen-bond acceptors (Lipinski definition) is 2. The van der Waals surface area contributed by atoms with Crippen molar-refractivity contribution in [3.63, 3.8) is 0 Å². The minimum absolute atomic E-state index is 0.0236. The molecule has 0 bridgehead atoms. The molecule has 0 heterocycles. The maximum atomic E-state index is 12.0. The van der Waals surface area contributed by atoms with E-state index in [1.165, 1.54) is 11.1 Å².